The molecule has 0 aliphatic rings. The standard InChI is InChI=1S/C18H19FN2/c1-3-13-8-10-14(11-9-13)17(4-2)21-18-7-5-6-16(19)15(18)12-20/h5-11,17,21H,3-4H2,1-2H3. The van der Waals surface area contributed by atoms with E-state index in [1.165, 1.54) is 11.6 Å². The molecule has 2 nitrogen and oxygen atoms in total. The van der Waals surface area contributed by atoms with Crippen LogP contribution in [0.1, 0.15) is 43.0 Å². The zero-order valence-corrected chi connectivity index (χ0v) is 12.4. The van der Waals surface area contributed by atoms with Crippen molar-refractivity contribution in [2.45, 2.75) is 32.7 Å². The second-order valence-corrected chi connectivity index (χ2v) is 4.97. The number of nitriles is 1. The van der Waals surface area contributed by atoms with Gasteiger partial charge in [0.1, 0.15) is 17.4 Å². The van der Waals surface area contributed by atoms with Crippen molar-refractivity contribution in [3.63, 3.8) is 0 Å². The molecule has 0 radical (unpaired) electrons. The van der Waals surface area contributed by atoms with Gasteiger partial charge in [-0.2, -0.15) is 5.26 Å². The van der Waals surface area contributed by atoms with Crippen molar-refractivity contribution in [2.75, 3.05) is 5.32 Å². The third-order valence-corrected chi connectivity index (χ3v) is 3.65. The molecule has 2 rings (SSSR count). The molecule has 1 atom stereocenters. The summed E-state index contributed by atoms with van der Waals surface area (Å²) < 4.78 is 13.6. The molecule has 1 N–H and O–H groups in total. The van der Waals surface area contributed by atoms with Crippen LogP contribution in [0.4, 0.5) is 10.1 Å². The smallest absolute Gasteiger partial charge is 0.143 e. The number of aryl methyl sites for hydroxylation is 1. The van der Waals surface area contributed by atoms with Gasteiger partial charge in [-0.15, -0.1) is 0 Å². The molecule has 108 valence electrons. The van der Waals surface area contributed by atoms with Crippen molar-refractivity contribution in [1.29, 1.82) is 5.26 Å². The lowest BCUT2D eigenvalue weighted by Gasteiger charge is -2.20. The molecule has 2 aromatic carbocycles. The van der Waals surface area contributed by atoms with Gasteiger partial charge in [0.15, 0.2) is 0 Å². The highest BCUT2D eigenvalue weighted by molar-refractivity contribution is 5.59. The third-order valence-electron chi connectivity index (χ3n) is 3.65. The average molecular weight is 282 g/mol. The Hall–Kier alpha value is -2.34. The highest BCUT2D eigenvalue weighted by Gasteiger charge is 2.13. The molecule has 0 spiro atoms. The van der Waals surface area contributed by atoms with E-state index in [2.05, 4.69) is 43.4 Å². The van der Waals surface area contributed by atoms with Gasteiger partial charge in [-0.25, -0.2) is 4.39 Å². The number of rotatable bonds is 5. The van der Waals surface area contributed by atoms with Crippen LogP contribution in [0.2, 0.25) is 0 Å². The maximum absolute atomic E-state index is 13.6. The normalized spacial score (nSPS) is 11.7. The molecule has 0 amide bonds. The Balaban J connectivity index is 2.27. The molecule has 0 aliphatic heterocycles. The Kier molecular flexibility index (Phi) is 4.94. The first-order valence-corrected chi connectivity index (χ1v) is 7.23. The highest BCUT2D eigenvalue weighted by atomic mass is 19.1. The van der Waals surface area contributed by atoms with Crippen LogP contribution in [0.15, 0.2) is 42.5 Å². The number of nitrogens with zero attached hydrogens (tertiary/aromatic N) is 1. The van der Waals surface area contributed by atoms with Crippen molar-refractivity contribution >= 4 is 5.69 Å². The van der Waals surface area contributed by atoms with E-state index in [0.717, 1.165) is 18.4 Å². The van der Waals surface area contributed by atoms with Gasteiger partial charge in [0.05, 0.1) is 11.7 Å². The van der Waals surface area contributed by atoms with E-state index >= 15 is 0 Å². The fourth-order valence-electron chi connectivity index (χ4n) is 2.35. The van der Waals surface area contributed by atoms with E-state index in [-0.39, 0.29) is 11.6 Å². The Bertz CT molecular complexity index is 641. The summed E-state index contributed by atoms with van der Waals surface area (Å²) in [5.74, 6) is -0.487. The third kappa shape index (κ3) is 3.41. The van der Waals surface area contributed by atoms with Gasteiger partial charge < -0.3 is 5.32 Å². The summed E-state index contributed by atoms with van der Waals surface area (Å²) in [4.78, 5) is 0. The Morgan fingerprint density at radius 1 is 1.14 bits per heavy atom. The minimum atomic E-state index is -0.487. The minimum absolute atomic E-state index is 0.0600. The number of hydrogen-bond donors (Lipinski definition) is 1. The van der Waals surface area contributed by atoms with Crippen molar-refractivity contribution in [2.24, 2.45) is 0 Å². The second kappa shape index (κ2) is 6.90. The van der Waals surface area contributed by atoms with Gasteiger partial charge in [0, 0.05) is 0 Å². The first kappa shape index (κ1) is 15.1. The van der Waals surface area contributed by atoms with Gasteiger partial charge in [-0.05, 0) is 36.1 Å². The second-order valence-electron chi connectivity index (χ2n) is 4.97. The number of hydrogen-bond acceptors (Lipinski definition) is 2. The van der Waals surface area contributed by atoms with Crippen LogP contribution in [0, 0.1) is 17.1 Å². The first-order valence-electron chi connectivity index (χ1n) is 7.23. The van der Waals surface area contributed by atoms with Gasteiger partial charge >= 0.3 is 0 Å². The summed E-state index contributed by atoms with van der Waals surface area (Å²) >= 11 is 0. The Labute approximate surface area is 125 Å². The fraction of sp³-hybridized carbons (Fsp3) is 0.278. The molecule has 0 bridgehead atoms. The summed E-state index contributed by atoms with van der Waals surface area (Å²) in [6.45, 7) is 4.19. The van der Waals surface area contributed by atoms with E-state index < -0.39 is 5.82 Å². The summed E-state index contributed by atoms with van der Waals surface area (Å²) in [5.41, 5.74) is 3.05. The molecule has 1 unspecified atom stereocenters. The van der Waals surface area contributed by atoms with Crippen LogP contribution in [-0.4, -0.2) is 0 Å². The average Bonchev–Trinajstić information content (AvgIpc) is 2.53. The van der Waals surface area contributed by atoms with E-state index in [0.29, 0.717) is 5.69 Å². The van der Waals surface area contributed by atoms with Gasteiger partial charge in [0.25, 0.3) is 0 Å². The highest BCUT2D eigenvalue weighted by Crippen LogP contribution is 2.26. The van der Waals surface area contributed by atoms with Crippen LogP contribution in [0.3, 0.4) is 0 Å². The van der Waals surface area contributed by atoms with E-state index in [1.807, 2.05) is 6.07 Å². The molecule has 0 heterocycles. The molecule has 21 heavy (non-hydrogen) atoms. The van der Waals surface area contributed by atoms with Crippen LogP contribution in [0.5, 0.6) is 0 Å². The van der Waals surface area contributed by atoms with Crippen LogP contribution in [-0.2, 0) is 6.42 Å². The molecule has 0 aromatic heterocycles. The molecule has 0 fully saturated rings. The predicted octanol–water partition coefficient (Wildman–Crippen LogP) is 4.82. The molecule has 3 heteroatoms. The SMILES string of the molecule is CCc1ccc(C(CC)Nc2cccc(F)c2C#N)cc1. The quantitative estimate of drug-likeness (QED) is 0.853. The number of anilines is 1. The molecule has 2 aromatic rings. The van der Waals surface area contributed by atoms with E-state index in [9.17, 15) is 4.39 Å². The van der Waals surface area contributed by atoms with Crippen LogP contribution in [0.25, 0.3) is 0 Å². The Morgan fingerprint density at radius 2 is 1.86 bits per heavy atom. The predicted molar refractivity (Wildman–Crippen MR) is 83.6 cm³/mol. The molecule has 0 saturated heterocycles. The van der Waals surface area contributed by atoms with Gasteiger partial charge in [-0.3, -0.25) is 0 Å². The summed E-state index contributed by atoms with van der Waals surface area (Å²) in [6, 6.07) is 15.0. The lowest BCUT2D eigenvalue weighted by atomic mass is 10.0. The number of nitrogens with one attached hydrogen (secondary N) is 1. The van der Waals surface area contributed by atoms with Gasteiger partial charge in [-0.1, -0.05) is 44.2 Å². The van der Waals surface area contributed by atoms with Crippen LogP contribution < -0.4 is 5.32 Å². The maximum atomic E-state index is 13.6. The lowest BCUT2D eigenvalue weighted by Crippen LogP contribution is -2.11. The number of benzene rings is 2. The molecule has 0 saturated carbocycles. The summed E-state index contributed by atoms with van der Waals surface area (Å²) in [6.07, 6.45) is 1.86. The molecule has 0 aliphatic carbocycles. The fourth-order valence-corrected chi connectivity index (χ4v) is 2.35. The van der Waals surface area contributed by atoms with Gasteiger partial charge in [0.2, 0.25) is 0 Å². The largest absolute Gasteiger partial charge is 0.377 e. The van der Waals surface area contributed by atoms with Crippen LogP contribution >= 0.6 is 0 Å². The molecular formula is C18H19FN2. The number of halogens is 1. The first-order chi connectivity index (χ1) is 10.2. The zero-order chi connectivity index (χ0) is 15.2. The minimum Gasteiger partial charge on any atom is -0.377 e. The Morgan fingerprint density at radius 3 is 2.43 bits per heavy atom. The van der Waals surface area contributed by atoms with Crippen molar-refractivity contribution < 1.29 is 4.39 Å². The lowest BCUT2D eigenvalue weighted by molar-refractivity contribution is 0.623. The van der Waals surface area contributed by atoms with Crippen molar-refractivity contribution in [1.82, 2.24) is 0 Å². The van der Waals surface area contributed by atoms with Crippen molar-refractivity contribution in [3.8, 4) is 6.07 Å². The summed E-state index contributed by atoms with van der Waals surface area (Å²) in [7, 11) is 0. The van der Waals surface area contributed by atoms with Crippen molar-refractivity contribution in [3.05, 3.63) is 65.0 Å². The molecular weight excluding hydrogens is 263 g/mol. The maximum Gasteiger partial charge on any atom is 0.143 e. The zero-order valence-electron chi connectivity index (χ0n) is 12.4. The van der Waals surface area contributed by atoms with E-state index in [4.69, 9.17) is 5.26 Å². The topological polar surface area (TPSA) is 35.8 Å². The summed E-state index contributed by atoms with van der Waals surface area (Å²) in [5, 5.41) is 12.4. The monoisotopic (exact) mass is 282 g/mol. The van der Waals surface area contributed by atoms with E-state index in [1.54, 1.807) is 12.1 Å².